The molecule has 0 unspecified atom stereocenters. The highest BCUT2D eigenvalue weighted by molar-refractivity contribution is 5.89. The van der Waals surface area contributed by atoms with Gasteiger partial charge in [-0.1, -0.05) is 6.07 Å². The largest absolute Gasteiger partial charge is 0.363 e. The Kier molecular flexibility index (Phi) is 2.84. The molecule has 3 aliphatic carbocycles. The summed E-state index contributed by atoms with van der Waals surface area (Å²) in [6, 6.07) is 5.95. The lowest BCUT2D eigenvalue weighted by Crippen LogP contribution is -2.34. The Morgan fingerprint density at radius 3 is 2.62 bits per heavy atom. The van der Waals surface area contributed by atoms with Crippen LogP contribution in [0.3, 0.4) is 0 Å². The second-order valence-corrected chi connectivity index (χ2v) is 6.89. The molecule has 0 aliphatic heterocycles. The second-order valence-electron chi connectivity index (χ2n) is 6.89. The van der Waals surface area contributed by atoms with Crippen molar-refractivity contribution in [3.63, 3.8) is 0 Å². The molecule has 1 aromatic heterocycles. The summed E-state index contributed by atoms with van der Waals surface area (Å²) in [6.45, 7) is 0. The first-order valence-corrected chi connectivity index (χ1v) is 7.85. The molecule has 2 amide bonds. The number of carbonyl (C=O) groups excluding carboxylic acids is 1. The molecule has 3 aliphatic rings. The summed E-state index contributed by atoms with van der Waals surface area (Å²) in [5.74, 6) is 4.72. The van der Waals surface area contributed by atoms with Gasteiger partial charge in [0.15, 0.2) is 0 Å². The van der Waals surface area contributed by atoms with Crippen molar-refractivity contribution in [2.45, 2.75) is 25.3 Å². The number of nitrogens with one attached hydrogen (secondary N) is 2. The molecule has 0 aromatic carbocycles. The number of anilines is 2. The van der Waals surface area contributed by atoms with Gasteiger partial charge in [0, 0.05) is 20.1 Å². The molecule has 3 fully saturated rings. The number of aromatic nitrogens is 1. The quantitative estimate of drug-likeness (QED) is 0.896. The molecule has 4 rings (SSSR count). The number of pyridine rings is 1. The molecule has 5 heteroatoms. The lowest BCUT2D eigenvalue weighted by Gasteiger charge is -2.14. The van der Waals surface area contributed by atoms with Gasteiger partial charge in [-0.05, 0) is 55.1 Å². The van der Waals surface area contributed by atoms with Crippen molar-refractivity contribution in [3.05, 3.63) is 18.2 Å². The Morgan fingerprint density at radius 1 is 1.24 bits per heavy atom. The van der Waals surface area contributed by atoms with Crippen molar-refractivity contribution in [1.29, 1.82) is 0 Å². The standard InChI is InChI=1S/C16H22N4O/c1-20(2)12-5-3-4-11(17-12)18-16(21)19-15-13-9-6-7-10(8-9)14(13)15/h3-5,9-10,13-15H,6-8H2,1-2H3,(H2,17,18,19,21)/t9-,10-,13+,14+/m0/s1. The predicted octanol–water partition coefficient (Wildman–Crippen LogP) is 2.31. The van der Waals surface area contributed by atoms with E-state index in [1.165, 1.54) is 19.3 Å². The highest BCUT2D eigenvalue weighted by Gasteiger charge is 2.65. The Morgan fingerprint density at radius 2 is 1.95 bits per heavy atom. The van der Waals surface area contributed by atoms with Crippen LogP contribution in [-0.4, -0.2) is 31.2 Å². The van der Waals surface area contributed by atoms with E-state index in [1.807, 2.05) is 37.2 Å². The third kappa shape index (κ3) is 2.15. The summed E-state index contributed by atoms with van der Waals surface area (Å²) in [5, 5.41) is 6.01. The smallest absolute Gasteiger partial charge is 0.320 e. The summed E-state index contributed by atoms with van der Waals surface area (Å²) < 4.78 is 0. The highest BCUT2D eigenvalue weighted by atomic mass is 16.2. The molecule has 5 nitrogen and oxygen atoms in total. The highest BCUT2D eigenvalue weighted by Crippen LogP contribution is 2.65. The summed E-state index contributed by atoms with van der Waals surface area (Å²) in [4.78, 5) is 18.5. The molecule has 1 aromatic rings. The molecule has 2 bridgehead atoms. The van der Waals surface area contributed by atoms with E-state index in [0.717, 1.165) is 29.5 Å². The Hall–Kier alpha value is -1.78. The number of hydrogen-bond acceptors (Lipinski definition) is 3. The van der Waals surface area contributed by atoms with E-state index >= 15 is 0 Å². The third-order valence-corrected chi connectivity index (χ3v) is 5.47. The number of urea groups is 1. The van der Waals surface area contributed by atoms with Gasteiger partial charge in [-0.2, -0.15) is 0 Å². The minimum Gasteiger partial charge on any atom is -0.363 e. The molecule has 1 heterocycles. The van der Waals surface area contributed by atoms with E-state index in [9.17, 15) is 4.79 Å². The van der Waals surface area contributed by atoms with Crippen molar-refractivity contribution in [2.24, 2.45) is 23.7 Å². The van der Waals surface area contributed by atoms with Gasteiger partial charge in [-0.25, -0.2) is 9.78 Å². The molecule has 2 N–H and O–H groups in total. The minimum absolute atomic E-state index is 0.114. The van der Waals surface area contributed by atoms with Gasteiger partial charge in [0.1, 0.15) is 11.6 Å². The van der Waals surface area contributed by atoms with E-state index in [-0.39, 0.29) is 6.03 Å². The lowest BCUT2D eigenvalue weighted by molar-refractivity contribution is 0.249. The number of rotatable bonds is 3. The fraction of sp³-hybridized carbons (Fsp3) is 0.625. The molecule has 3 saturated carbocycles. The van der Waals surface area contributed by atoms with Crippen molar-refractivity contribution in [2.75, 3.05) is 24.3 Å². The van der Waals surface area contributed by atoms with E-state index in [4.69, 9.17) is 0 Å². The van der Waals surface area contributed by atoms with Crippen molar-refractivity contribution in [3.8, 4) is 0 Å². The number of hydrogen-bond donors (Lipinski definition) is 2. The van der Waals surface area contributed by atoms with Crippen molar-refractivity contribution >= 4 is 17.7 Å². The molecule has 112 valence electrons. The molecule has 4 atom stereocenters. The van der Waals surface area contributed by atoms with Crippen LogP contribution in [-0.2, 0) is 0 Å². The van der Waals surface area contributed by atoms with Crippen LogP contribution in [0.15, 0.2) is 18.2 Å². The SMILES string of the molecule is CN(C)c1cccc(NC(=O)NC2[C@@H]3[C@H]4CC[C@@H](C4)[C@@H]23)n1. The summed E-state index contributed by atoms with van der Waals surface area (Å²) >= 11 is 0. The van der Waals surface area contributed by atoms with E-state index < -0.39 is 0 Å². The summed E-state index contributed by atoms with van der Waals surface area (Å²) in [7, 11) is 3.88. The number of carbonyl (C=O) groups is 1. The van der Waals surface area contributed by atoms with Gasteiger partial charge >= 0.3 is 6.03 Å². The topological polar surface area (TPSA) is 57.3 Å². The molecular formula is C16H22N4O. The molecule has 21 heavy (non-hydrogen) atoms. The summed E-state index contributed by atoms with van der Waals surface area (Å²) in [6.07, 6.45) is 4.15. The number of amides is 2. The Balaban J connectivity index is 1.36. The van der Waals surface area contributed by atoms with Gasteiger partial charge < -0.3 is 10.2 Å². The minimum atomic E-state index is -0.114. The van der Waals surface area contributed by atoms with Crippen LogP contribution >= 0.6 is 0 Å². The van der Waals surface area contributed by atoms with Crippen molar-refractivity contribution < 1.29 is 4.79 Å². The molecular weight excluding hydrogens is 264 g/mol. The molecule has 0 spiro atoms. The first-order chi connectivity index (χ1) is 10.1. The van der Waals surface area contributed by atoms with Crippen LogP contribution in [0.1, 0.15) is 19.3 Å². The van der Waals surface area contributed by atoms with Gasteiger partial charge in [0.2, 0.25) is 0 Å². The zero-order chi connectivity index (χ0) is 14.6. The first-order valence-electron chi connectivity index (χ1n) is 7.85. The normalized spacial score (nSPS) is 35.2. The second kappa shape index (κ2) is 4.61. The van der Waals surface area contributed by atoms with Crippen LogP contribution < -0.4 is 15.5 Å². The third-order valence-electron chi connectivity index (χ3n) is 5.47. The lowest BCUT2D eigenvalue weighted by atomic mass is 10.0. The number of nitrogens with zero attached hydrogens (tertiary/aromatic N) is 2. The maximum absolute atomic E-state index is 12.1. The molecule has 0 saturated heterocycles. The molecule has 0 radical (unpaired) electrons. The van der Waals surface area contributed by atoms with Gasteiger partial charge in [-0.15, -0.1) is 0 Å². The fourth-order valence-electron chi connectivity index (χ4n) is 4.56. The summed E-state index contributed by atoms with van der Waals surface area (Å²) in [5.41, 5.74) is 0. The fourth-order valence-corrected chi connectivity index (χ4v) is 4.56. The van der Waals surface area contributed by atoms with Crippen LogP contribution in [0.4, 0.5) is 16.4 Å². The predicted molar refractivity (Wildman–Crippen MR) is 82.3 cm³/mol. The zero-order valence-corrected chi connectivity index (χ0v) is 12.5. The average Bonchev–Trinajstić information content (AvgIpc) is 2.84. The van der Waals surface area contributed by atoms with Crippen LogP contribution in [0, 0.1) is 23.7 Å². The van der Waals surface area contributed by atoms with Gasteiger partial charge in [-0.3, -0.25) is 5.32 Å². The van der Waals surface area contributed by atoms with Gasteiger partial charge in [0.05, 0.1) is 0 Å². The van der Waals surface area contributed by atoms with E-state index in [2.05, 4.69) is 15.6 Å². The van der Waals surface area contributed by atoms with E-state index in [0.29, 0.717) is 11.9 Å². The zero-order valence-electron chi connectivity index (χ0n) is 12.5. The maximum Gasteiger partial charge on any atom is 0.320 e. The van der Waals surface area contributed by atoms with E-state index in [1.54, 1.807) is 0 Å². The first kappa shape index (κ1) is 12.9. The Bertz CT molecular complexity index is 557. The van der Waals surface area contributed by atoms with Crippen LogP contribution in [0.5, 0.6) is 0 Å². The Labute approximate surface area is 125 Å². The van der Waals surface area contributed by atoms with Crippen LogP contribution in [0.2, 0.25) is 0 Å². The van der Waals surface area contributed by atoms with Crippen molar-refractivity contribution in [1.82, 2.24) is 10.3 Å². The van der Waals surface area contributed by atoms with Crippen LogP contribution in [0.25, 0.3) is 0 Å². The maximum atomic E-state index is 12.1. The monoisotopic (exact) mass is 286 g/mol. The van der Waals surface area contributed by atoms with Gasteiger partial charge in [0.25, 0.3) is 0 Å². The average molecular weight is 286 g/mol. The number of fused-ring (bicyclic) bond motifs is 5.